The summed E-state index contributed by atoms with van der Waals surface area (Å²) < 4.78 is 5.75. The molecule has 0 saturated heterocycles. The minimum Gasteiger partial charge on any atom is -0.507 e. The average molecular weight is 320 g/mol. The van der Waals surface area contributed by atoms with Crippen molar-refractivity contribution in [2.75, 3.05) is 0 Å². The number of phenols is 3. The van der Waals surface area contributed by atoms with Crippen LogP contribution in [0.15, 0.2) is 63.8 Å². The molecule has 0 fully saturated rings. The van der Waals surface area contributed by atoms with Crippen LogP contribution in [-0.4, -0.2) is 15.3 Å². The molecule has 0 spiro atoms. The quantitative estimate of drug-likeness (QED) is 0.367. The van der Waals surface area contributed by atoms with Gasteiger partial charge in [0.15, 0.2) is 11.5 Å². The Kier molecular flexibility index (Phi) is 2.96. The van der Waals surface area contributed by atoms with E-state index in [4.69, 9.17) is 4.42 Å². The van der Waals surface area contributed by atoms with E-state index in [-0.39, 0.29) is 33.6 Å². The second kappa shape index (κ2) is 5.03. The van der Waals surface area contributed by atoms with E-state index in [9.17, 15) is 20.1 Å². The molecule has 0 aliphatic rings. The molecule has 1 aromatic heterocycles. The number of hydrogen-bond donors (Lipinski definition) is 3. The van der Waals surface area contributed by atoms with E-state index < -0.39 is 0 Å². The second-order valence-corrected chi connectivity index (χ2v) is 5.50. The highest BCUT2D eigenvalue weighted by Crippen LogP contribution is 2.35. The number of aromatic hydroxyl groups is 3. The fourth-order valence-corrected chi connectivity index (χ4v) is 2.78. The van der Waals surface area contributed by atoms with E-state index in [0.717, 1.165) is 0 Å². The lowest BCUT2D eigenvalue weighted by Crippen LogP contribution is -2.02. The summed E-state index contributed by atoms with van der Waals surface area (Å²) in [4.78, 5) is 12.6. The molecule has 3 N–H and O–H groups in total. The van der Waals surface area contributed by atoms with Crippen molar-refractivity contribution in [3.63, 3.8) is 0 Å². The van der Waals surface area contributed by atoms with Crippen LogP contribution in [0.4, 0.5) is 0 Å². The smallest absolute Gasteiger partial charge is 0.204 e. The van der Waals surface area contributed by atoms with Gasteiger partial charge in [-0.1, -0.05) is 18.2 Å². The highest BCUT2D eigenvalue weighted by molar-refractivity contribution is 5.95. The highest BCUT2D eigenvalue weighted by Gasteiger charge is 2.14. The van der Waals surface area contributed by atoms with Gasteiger partial charge in [0.2, 0.25) is 5.43 Å². The molecule has 0 atom stereocenters. The van der Waals surface area contributed by atoms with Crippen LogP contribution in [0.3, 0.4) is 0 Å². The molecule has 0 unspecified atom stereocenters. The van der Waals surface area contributed by atoms with Gasteiger partial charge in [0.05, 0.1) is 5.39 Å². The van der Waals surface area contributed by atoms with Gasteiger partial charge in [-0.3, -0.25) is 4.79 Å². The summed E-state index contributed by atoms with van der Waals surface area (Å²) in [6, 6.07) is 14.2. The Morgan fingerprint density at radius 2 is 1.46 bits per heavy atom. The van der Waals surface area contributed by atoms with Gasteiger partial charge in [-0.25, -0.2) is 0 Å². The zero-order valence-electron chi connectivity index (χ0n) is 12.4. The lowest BCUT2D eigenvalue weighted by Gasteiger charge is -2.08. The second-order valence-electron chi connectivity index (χ2n) is 5.50. The summed E-state index contributed by atoms with van der Waals surface area (Å²) in [5.41, 5.74) is 1.50. The Bertz CT molecular complexity index is 1160. The third-order valence-electron chi connectivity index (χ3n) is 3.97. The first kappa shape index (κ1) is 14.1. The third-order valence-corrected chi connectivity index (χ3v) is 3.97. The monoisotopic (exact) mass is 320 g/mol. The molecule has 3 aromatic carbocycles. The number of benzene rings is 3. The molecule has 4 rings (SSSR count). The zero-order chi connectivity index (χ0) is 16.8. The van der Waals surface area contributed by atoms with Crippen molar-refractivity contribution in [3.8, 4) is 28.4 Å². The molecule has 5 heteroatoms. The van der Waals surface area contributed by atoms with Gasteiger partial charge < -0.3 is 19.7 Å². The largest absolute Gasteiger partial charge is 0.507 e. The van der Waals surface area contributed by atoms with Crippen LogP contribution in [0.1, 0.15) is 0 Å². The van der Waals surface area contributed by atoms with E-state index in [1.807, 2.05) is 0 Å². The van der Waals surface area contributed by atoms with Crippen molar-refractivity contribution in [2.45, 2.75) is 0 Å². The zero-order valence-corrected chi connectivity index (χ0v) is 12.4. The molecule has 118 valence electrons. The topological polar surface area (TPSA) is 90.9 Å². The van der Waals surface area contributed by atoms with E-state index in [1.165, 1.54) is 18.2 Å². The molecule has 0 amide bonds. The SMILES string of the molecule is O=c1c2ccccc2oc2cc(-c3ccc(O)c(O)c3)cc(O)c12. The van der Waals surface area contributed by atoms with E-state index in [1.54, 1.807) is 36.4 Å². The van der Waals surface area contributed by atoms with Crippen molar-refractivity contribution in [2.24, 2.45) is 0 Å². The molecule has 5 nitrogen and oxygen atoms in total. The summed E-state index contributed by atoms with van der Waals surface area (Å²) in [5, 5.41) is 29.9. The number of para-hydroxylation sites is 1. The van der Waals surface area contributed by atoms with Crippen LogP contribution in [-0.2, 0) is 0 Å². The molecule has 24 heavy (non-hydrogen) atoms. The van der Waals surface area contributed by atoms with Crippen molar-refractivity contribution in [1.82, 2.24) is 0 Å². The van der Waals surface area contributed by atoms with Gasteiger partial charge in [-0.05, 0) is 47.5 Å². The van der Waals surface area contributed by atoms with Gasteiger partial charge >= 0.3 is 0 Å². The summed E-state index contributed by atoms with van der Waals surface area (Å²) in [5.74, 6) is -0.706. The third kappa shape index (κ3) is 2.06. The Morgan fingerprint density at radius 3 is 2.25 bits per heavy atom. The molecule has 0 radical (unpaired) electrons. The first-order valence-corrected chi connectivity index (χ1v) is 7.25. The Hall–Kier alpha value is -3.47. The maximum absolute atomic E-state index is 12.6. The molecule has 0 aliphatic heterocycles. The van der Waals surface area contributed by atoms with Gasteiger partial charge in [-0.15, -0.1) is 0 Å². The summed E-state index contributed by atoms with van der Waals surface area (Å²) in [6.07, 6.45) is 0. The normalized spacial score (nSPS) is 11.2. The minimum absolute atomic E-state index is 0.112. The van der Waals surface area contributed by atoms with Gasteiger partial charge in [0, 0.05) is 0 Å². The van der Waals surface area contributed by atoms with Crippen molar-refractivity contribution in [3.05, 3.63) is 64.8 Å². The van der Waals surface area contributed by atoms with Crippen LogP contribution in [0.2, 0.25) is 0 Å². The van der Waals surface area contributed by atoms with Crippen molar-refractivity contribution >= 4 is 21.9 Å². The van der Waals surface area contributed by atoms with Gasteiger partial charge in [0.25, 0.3) is 0 Å². The number of fused-ring (bicyclic) bond motifs is 2. The Morgan fingerprint density at radius 1 is 0.708 bits per heavy atom. The van der Waals surface area contributed by atoms with E-state index in [2.05, 4.69) is 0 Å². The first-order valence-electron chi connectivity index (χ1n) is 7.25. The van der Waals surface area contributed by atoms with Crippen LogP contribution in [0.5, 0.6) is 17.2 Å². The lowest BCUT2D eigenvalue weighted by atomic mass is 10.0. The highest BCUT2D eigenvalue weighted by atomic mass is 16.3. The maximum Gasteiger partial charge on any atom is 0.204 e. The van der Waals surface area contributed by atoms with Crippen molar-refractivity contribution < 1.29 is 19.7 Å². The van der Waals surface area contributed by atoms with E-state index in [0.29, 0.717) is 22.1 Å². The van der Waals surface area contributed by atoms with Crippen LogP contribution >= 0.6 is 0 Å². The Labute approximate surface area is 135 Å². The van der Waals surface area contributed by atoms with Crippen LogP contribution < -0.4 is 5.43 Å². The van der Waals surface area contributed by atoms with E-state index >= 15 is 0 Å². The summed E-state index contributed by atoms with van der Waals surface area (Å²) in [7, 11) is 0. The molecule has 0 aliphatic carbocycles. The van der Waals surface area contributed by atoms with Gasteiger partial charge in [0.1, 0.15) is 22.3 Å². The Balaban J connectivity index is 2.05. The predicted molar refractivity (Wildman–Crippen MR) is 90.4 cm³/mol. The number of rotatable bonds is 1. The summed E-state index contributed by atoms with van der Waals surface area (Å²) >= 11 is 0. The fourth-order valence-electron chi connectivity index (χ4n) is 2.78. The molecule has 0 saturated carbocycles. The van der Waals surface area contributed by atoms with Crippen LogP contribution in [0.25, 0.3) is 33.1 Å². The average Bonchev–Trinajstić information content (AvgIpc) is 2.57. The van der Waals surface area contributed by atoms with Crippen LogP contribution in [0, 0.1) is 0 Å². The maximum atomic E-state index is 12.6. The fraction of sp³-hybridized carbons (Fsp3) is 0. The number of phenolic OH excluding ortho intramolecular Hbond substituents is 3. The lowest BCUT2D eigenvalue weighted by molar-refractivity contribution is 0.404. The summed E-state index contributed by atoms with van der Waals surface area (Å²) in [6.45, 7) is 0. The minimum atomic E-state index is -0.301. The molecular weight excluding hydrogens is 308 g/mol. The van der Waals surface area contributed by atoms with Gasteiger partial charge in [-0.2, -0.15) is 0 Å². The number of hydrogen-bond acceptors (Lipinski definition) is 5. The predicted octanol–water partition coefficient (Wildman–Crippen LogP) is 3.73. The molecule has 0 bridgehead atoms. The molecular formula is C19H12O5. The van der Waals surface area contributed by atoms with Crippen molar-refractivity contribution in [1.29, 1.82) is 0 Å². The molecule has 1 heterocycles. The molecule has 4 aromatic rings. The first-order chi connectivity index (χ1) is 11.5. The standard InChI is InChI=1S/C19H12O5/c20-13-6-5-10(7-14(13)21)11-8-15(22)18-17(9-11)24-16-4-2-1-3-12(16)19(18)23/h1-9,20-22H.